The molecule has 23 heavy (non-hydrogen) atoms. The van der Waals surface area contributed by atoms with E-state index in [0.717, 1.165) is 10.4 Å². The minimum absolute atomic E-state index is 0.128. The average Bonchev–Trinajstić information content (AvgIpc) is 3.24. The Hall–Kier alpha value is -2.87. The summed E-state index contributed by atoms with van der Waals surface area (Å²) in [5, 5.41) is 20.9. The van der Waals surface area contributed by atoms with Gasteiger partial charge in [0.1, 0.15) is 11.6 Å². The Balaban J connectivity index is 1.71. The van der Waals surface area contributed by atoms with Crippen LogP contribution in [0.2, 0.25) is 0 Å². The third-order valence-electron chi connectivity index (χ3n) is 3.39. The summed E-state index contributed by atoms with van der Waals surface area (Å²) in [6.07, 6.45) is 0. The van der Waals surface area contributed by atoms with Gasteiger partial charge in [-0.2, -0.15) is 0 Å². The molecule has 4 rings (SSSR count). The molecule has 0 aliphatic carbocycles. The highest BCUT2D eigenvalue weighted by molar-refractivity contribution is 7.10. The van der Waals surface area contributed by atoms with E-state index in [-0.39, 0.29) is 11.9 Å². The Morgan fingerprint density at radius 1 is 1.09 bits per heavy atom. The zero-order chi connectivity index (χ0) is 15.6. The van der Waals surface area contributed by atoms with Crippen LogP contribution in [0.3, 0.4) is 0 Å². The summed E-state index contributed by atoms with van der Waals surface area (Å²) >= 11 is 1.62. The van der Waals surface area contributed by atoms with Crippen molar-refractivity contribution < 1.29 is 4.39 Å². The van der Waals surface area contributed by atoms with Crippen LogP contribution in [0.25, 0.3) is 5.65 Å². The Morgan fingerprint density at radius 2 is 1.96 bits per heavy atom. The summed E-state index contributed by atoms with van der Waals surface area (Å²) in [5.41, 5.74) is 1.53. The Morgan fingerprint density at radius 3 is 2.74 bits per heavy atom. The van der Waals surface area contributed by atoms with E-state index in [2.05, 4.69) is 25.9 Å². The lowest BCUT2D eigenvalue weighted by atomic mass is 10.1. The molecule has 4 aromatic rings. The second-order valence-corrected chi connectivity index (χ2v) is 5.87. The molecule has 1 N–H and O–H groups in total. The maximum absolute atomic E-state index is 13.2. The van der Waals surface area contributed by atoms with Gasteiger partial charge in [-0.1, -0.05) is 18.2 Å². The highest BCUT2D eigenvalue weighted by Gasteiger charge is 2.16. The predicted octanol–water partition coefficient (Wildman–Crippen LogP) is 2.92. The Kier molecular flexibility index (Phi) is 3.43. The van der Waals surface area contributed by atoms with Crippen LogP contribution in [-0.4, -0.2) is 25.3 Å². The number of aromatic nitrogens is 5. The van der Waals surface area contributed by atoms with Gasteiger partial charge in [-0.25, -0.2) is 4.39 Å². The van der Waals surface area contributed by atoms with Crippen LogP contribution in [0.1, 0.15) is 16.5 Å². The largest absolute Gasteiger partial charge is 0.357 e. The molecule has 0 spiro atoms. The number of hydrogen-bond acceptors (Lipinski definition) is 6. The summed E-state index contributed by atoms with van der Waals surface area (Å²) < 4.78 is 14.6. The number of thiophene rings is 1. The molecule has 0 bridgehead atoms. The predicted molar refractivity (Wildman–Crippen MR) is 84.8 cm³/mol. The fourth-order valence-electron chi connectivity index (χ4n) is 2.30. The van der Waals surface area contributed by atoms with E-state index in [0.29, 0.717) is 11.5 Å². The van der Waals surface area contributed by atoms with Gasteiger partial charge in [0.2, 0.25) is 0 Å². The molecule has 3 aromatic heterocycles. The fraction of sp³-hybridized carbons (Fsp3) is 0.0667. The van der Waals surface area contributed by atoms with Crippen molar-refractivity contribution in [2.24, 2.45) is 0 Å². The van der Waals surface area contributed by atoms with Crippen LogP contribution in [-0.2, 0) is 0 Å². The molecule has 0 fully saturated rings. The van der Waals surface area contributed by atoms with Crippen molar-refractivity contribution in [3.63, 3.8) is 0 Å². The Labute approximate surface area is 134 Å². The number of hydrogen-bond donors (Lipinski definition) is 1. The molecular formula is C15H11FN6S. The van der Waals surface area contributed by atoms with Crippen LogP contribution in [0.15, 0.2) is 53.9 Å². The summed E-state index contributed by atoms with van der Waals surface area (Å²) in [7, 11) is 0. The number of benzene rings is 1. The lowest BCUT2D eigenvalue weighted by Crippen LogP contribution is -2.13. The number of anilines is 1. The van der Waals surface area contributed by atoms with Gasteiger partial charge in [-0.15, -0.1) is 26.2 Å². The standard InChI is InChI=1S/C15H11FN6S/c16-11-5-3-10(4-6-11)15(12-2-1-9-23-12)17-13-7-8-14-18-20-21-22(14)19-13/h1-9,15H,(H,17,19)/t15-/m0/s1. The zero-order valence-corrected chi connectivity index (χ0v) is 12.6. The first-order chi connectivity index (χ1) is 11.3. The van der Waals surface area contributed by atoms with E-state index in [4.69, 9.17) is 0 Å². The van der Waals surface area contributed by atoms with E-state index in [1.54, 1.807) is 29.5 Å². The minimum Gasteiger partial charge on any atom is -0.357 e. The van der Waals surface area contributed by atoms with Crippen LogP contribution in [0.4, 0.5) is 10.2 Å². The minimum atomic E-state index is -0.257. The number of nitrogens with zero attached hydrogens (tertiary/aromatic N) is 5. The first-order valence-electron chi connectivity index (χ1n) is 6.90. The third kappa shape index (κ3) is 2.76. The monoisotopic (exact) mass is 326 g/mol. The van der Waals surface area contributed by atoms with Gasteiger partial charge in [0, 0.05) is 4.88 Å². The number of fused-ring (bicyclic) bond motifs is 1. The second kappa shape index (κ2) is 5.73. The van der Waals surface area contributed by atoms with E-state index < -0.39 is 0 Å². The van der Waals surface area contributed by atoms with Crippen molar-refractivity contribution in [3.05, 3.63) is 70.2 Å². The molecule has 114 valence electrons. The first kappa shape index (κ1) is 13.8. The van der Waals surface area contributed by atoms with Crippen molar-refractivity contribution >= 4 is 22.8 Å². The van der Waals surface area contributed by atoms with Gasteiger partial charge < -0.3 is 5.32 Å². The number of nitrogens with one attached hydrogen (secondary N) is 1. The van der Waals surface area contributed by atoms with Gasteiger partial charge in [0.05, 0.1) is 6.04 Å². The quantitative estimate of drug-likeness (QED) is 0.624. The van der Waals surface area contributed by atoms with Crippen molar-refractivity contribution in [2.75, 3.05) is 5.32 Å². The second-order valence-electron chi connectivity index (χ2n) is 4.89. The van der Waals surface area contributed by atoms with Crippen molar-refractivity contribution in [1.29, 1.82) is 0 Å². The molecule has 1 aromatic carbocycles. The highest BCUT2D eigenvalue weighted by atomic mass is 32.1. The van der Waals surface area contributed by atoms with Crippen molar-refractivity contribution in [1.82, 2.24) is 25.3 Å². The first-order valence-corrected chi connectivity index (χ1v) is 7.78. The number of rotatable bonds is 4. The average molecular weight is 326 g/mol. The maximum Gasteiger partial charge on any atom is 0.200 e. The topological polar surface area (TPSA) is 68.0 Å². The normalized spacial score (nSPS) is 12.4. The molecule has 1 atom stereocenters. The molecule has 0 amide bonds. The van der Waals surface area contributed by atoms with Gasteiger partial charge >= 0.3 is 0 Å². The van der Waals surface area contributed by atoms with E-state index >= 15 is 0 Å². The van der Waals surface area contributed by atoms with Crippen molar-refractivity contribution in [3.8, 4) is 0 Å². The van der Waals surface area contributed by atoms with E-state index in [1.807, 2.05) is 23.6 Å². The number of halogens is 1. The van der Waals surface area contributed by atoms with Gasteiger partial charge in [0.25, 0.3) is 0 Å². The van der Waals surface area contributed by atoms with E-state index in [1.165, 1.54) is 16.8 Å². The molecule has 0 aliphatic rings. The third-order valence-corrected chi connectivity index (χ3v) is 4.33. The maximum atomic E-state index is 13.2. The molecule has 8 heteroatoms. The molecular weight excluding hydrogens is 315 g/mol. The fourth-order valence-corrected chi connectivity index (χ4v) is 3.11. The molecule has 0 radical (unpaired) electrons. The van der Waals surface area contributed by atoms with E-state index in [9.17, 15) is 4.39 Å². The van der Waals surface area contributed by atoms with Crippen LogP contribution in [0.5, 0.6) is 0 Å². The molecule has 0 saturated heterocycles. The van der Waals surface area contributed by atoms with Gasteiger partial charge in [-0.3, -0.25) is 0 Å². The lowest BCUT2D eigenvalue weighted by Gasteiger charge is -2.18. The molecule has 6 nitrogen and oxygen atoms in total. The van der Waals surface area contributed by atoms with Crippen LogP contribution >= 0.6 is 11.3 Å². The zero-order valence-electron chi connectivity index (χ0n) is 11.8. The van der Waals surface area contributed by atoms with Crippen LogP contribution in [0, 0.1) is 5.82 Å². The summed E-state index contributed by atoms with van der Waals surface area (Å²) in [6.45, 7) is 0. The van der Waals surface area contributed by atoms with Crippen LogP contribution < -0.4 is 5.32 Å². The highest BCUT2D eigenvalue weighted by Crippen LogP contribution is 2.29. The number of tetrazole rings is 1. The summed E-state index contributed by atoms with van der Waals surface area (Å²) in [4.78, 5) is 1.11. The summed E-state index contributed by atoms with van der Waals surface area (Å²) in [5.74, 6) is 0.374. The van der Waals surface area contributed by atoms with Crippen molar-refractivity contribution in [2.45, 2.75) is 6.04 Å². The molecule has 0 aliphatic heterocycles. The van der Waals surface area contributed by atoms with Gasteiger partial charge in [-0.05, 0) is 51.7 Å². The molecule has 0 unspecified atom stereocenters. The lowest BCUT2D eigenvalue weighted by molar-refractivity contribution is 0.626. The molecule has 0 saturated carbocycles. The summed E-state index contributed by atoms with van der Waals surface area (Å²) in [6, 6.07) is 13.9. The SMILES string of the molecule is Fc1ccc([C@H](Nc2ccc3nnnn3n2)c2cccs2)cc1. The molecule has 3 heterocycles. The Bertz CT molecular complexity index is 919. The van der Waals surface area contributed by atoms with Gasteiger partial charge in [0.15, 0.2) is 5.65 Å². The smallest absolute Gasteiger partial charge is 0.200 e.